The normalized spacial score (nSPS) is 17.2. The quantitative estimate of drug-likeness (QED) is 0.832. The standard InChI is InChI=1S/C20H26N4O3/c1-14(25)24-11-10-23(13-18(24)20(27)21-2)19(26)9-5-6-15-12-22-17-8-4-3-7-16(15)17/h3-4,7-8,12,18,22H,5-6,9-11,13H2,1-2H3,(H,21,27)/t18-/m1/s1. The first-order valence-corrected chi connectivity index (χ1v) is 9.33. The van der Waals surface area contributed by atoms with E-state index in [1.54, 1.807) is 11.9 Å². The number of rotatable bonds is 5. The Hall–Kier alpha value is -2.83. The van der Waals surface area contributed by atoms with Crippen LogP contribution in [0.25, 0.3) is 10.9 Å². The molecule has 3 rings (SSSR count). The maximum Gasteiger partial charge on any atom is 0.244 e. The van der Waals surface area contributed by atoms with Gasteiger partial charge >= 0.3 is 0 Å². The number of benzene rings is 1. The zero-order valence-electron chi connectivity index (χ0n) is 15.8. The number of piperazine rings is 1. The first-order valence-electron chi connectivity index (χ1n) is 9.33. The second kappa shape index (κ2) is 8.24. The minimum absolute atomic E-state index is 0.0342. The van der Waals surface area contributed by atoms with Gasteiger partial charge in [-0.1, -0.05) is 18.2 Å². The number of likely N-dealkylation sites (N-methyl/N-ethyl adjacent to an activating group) is 1. The van der Waals surface area contributed by atoms with Crippen molar-refractivity contribution >= 4 is 28.6 Å². The van der Waals surface area contributed by atoms with Crippen LogP contribution in [0.3, 0.4) is 0 Å². The van der Waals surface area contributed by atoms with E-state index in [4.69, 9.17) is 0 Å². The molecule has 0 radical (unpaired) electrons. The molecule has 2 heterocycles. The summed E-state index contributed by atoms with van der Waals surface area (Å²) >= 11 is 0. The van der Waals surface area contributed by atoms with E-state index < -0.39 is 6.04 Å². The summed E-state index contributed by atoms with van der Waals surface area (Å²) in [6, 6.07) is 7.52. The Balaban J connectivity index is 1.56. The molecule has 7 heteroatoms. The summed E-state index contributed by atoms with van der Waals surface area (Å²) in [5.74, 6) is -0.344. The Labute approximate surface area is 158 Å². The lowest BCUT2D eigenvalue weighted by molar-refractivity contribution is -0.147. The average molecular weight is 370 g/mol. The van der Waals surface area contributed by atoms with Gasteiger partial charge in [0.2, 0.25) is 17.7 Å². The maximum absolute atomic E-state index is 12.6. The molecule has 1 aliphatic heterocycles. The van der Waals surface area contributed by atoms with Crippen LogP contribution < -0.4 is 5.32 Å². The number of aromatic nitrogens is 1. The lowest BCUT2D eigenvalue weighted by Crippen LogP contribution is -2.60. The van der Waals surface area contributed by atoms with E-state index in [-0.39, 0.29) is 24.3 Å². The van der Waals surface area contributed by atoms with Crippen LogP contribution in [0.5, 0.6) is 0 Å². The Morgan fingerprint density at radius 1 is 1.22 bits per heavy atom. The summed E-state index contributed by atoms with van der Waals surface area (Å²) in [6.45, 7) is 2.57. The van der Waals surface area contributed by atoms with Crippen LogP contribution in [0.1, 0.15) is 25.3 Å². The topological polar surface area (TPSA) is 85.5 Å². The van der Waals surface area contributed by atoms with Gasteiger partial charge in [0.05, 0.1) is 6.54 Å². The molecule has 0 aliphatic carbocycles. The second-order valence-electron chi connectivity index (χ2n) is 6.90. The van der Waals surface area contributed by atoms with Crippen molar-refractivity contribution in [2.45, 2.75) is 32.2 Å². The summed E-state index contributed by atoms with van der Waals surface area (Å²) in [7, 11) is 1.54. The minimum atomic E-state index is -0.612. The highest BCUT2D eigenvalue weighted by atomic mass is 16.2. The average Bonchev–Trinajstić information content (AvgIpc) is 3.10. The number of aryl methyl sites for hydroxylation is 1. The second-order valence-corrected chi connectivity index (χ2v) is 6.90. The molecular weight excluding hydrogens is 344 g/mol. The number of hydrogen-bond donors (Lipinski definition) is 2. The fourth-order valence-corrected chi connectivity index (χ4v) is 3.70. The molecule has 2 N–H and O–H groups in total. The lowest BCUT2D eigenvalue weighted by Gasteiger charge is -2.40. The predicted molar refractivity (Wildman–Crippen MR) is 103 cm³/mol. The Kier molecular flexibility index (Phi) is 5.78. The number of nitrogens with one attached hydrogen (secondary N) is 2. The van der Waals surface area contributed by atoms with Crippen molar-refractivity contribution < 1.29 is 14.4 Å². The van der Waals surface area contributed by atoms with Gasteiger partial charge in [-0.25, -0.2) is 0 Å². The highest BCUT2D eigenvalue weighted by Gasteiger charge is 2.34. The molecule has 7 nitrogen and oxygen atoms in total. The predicted octanol–water partition coefficient (Wildman–Crippen LogP) is 1.30. The van der Waals surface area contributed by atoms with E-state index in [0.29, 0.717) is 19.5 Å². The third-order valence-electron chi connectivity index (χ3n) is 5.20. The third kappa shape index (κ3) is 4.13. The smallest absolute Gasteiger partial charge is 0.244 e. The molecule has 0 bridgehead atoms. The molecule has 3 amide bonds. The van der Waals surface area contributed by atoms with E-state index in [9.17, 15) is 14.4 Å². The highest BCUT2D eigenvalue weighted by Crippen LogP contribution is 2.20. The molecule has 2 aromatic rings. The van der Waals surface area contributed by atoms with Gasteiger partial charge in [0.25, 0.3) is 0 Å². The first-order chi connectivity index (χ1) is 13.0. The van der Waals surface area contributed by atoms with Gasteiger partial charge in [-0.05, 0) is 24.5 Å². The summed E-state index contributed by atoms with van der Waals surface area (Å²) in [5.41, 5.74) is 2.32. The van der Waals surface area contributed by atoms with Crippen molar-refractivity contribution in [1.29, 1.82) is 0 Å². The van der Waals surface area contributed by atoms with Crippen LogP contribution in [0.4, 0.5) is 0 Å². The van der Waals surface area contributed by atoms with Crippen LogP contribution in [0.15, 0.2) is 30.5 Å². The van der Waals surface area contributed by atoms with Gasteiger partial charge in [0.1, 0.15) is 6.04 Å². The van der Waals surface area contributed by atoms with Gasteiger partial charge < -0.3 is 20.1 Å². The SMILES string of the molecule is CNC(=O)[C@H]1CN(C(=O)CCCc2c[nH]c3ccccc23)CCN1C(C)=O. The van der Waals surface area contributed by atoms with Gasteiger partial charge in [-0.2, -0.15) is 0 Å². The van der Waals surface area contributed by atoms with E-state index >= 15 is 0 Å². The number of nitrogens with zero attached hydrogens (tertiary/aromatic N) is 2. The largest absolute Gasteiger partial charge is 0.361 e. The zero-order valence-corrected chi connectivity index (χ0v) is 15.8. The molecule has 144 valence electrons. The number of amides is 3. The molecule has 0 saturated carbocycles. The highest BCUT2D eigenvalue weighted by molar-refractivity contribution is 5.88. The fraction of sp³-hybridized carbons (Fsp3) is 0.450. The number of hydrogen-bond acceptors (Lipinski definition) is 3. The van der Waals surface area contributed by atoms with Crippen molar-refractivity contribution in [1.82, 2.24) is 20.1 Å². The van der Waals surface area contributed by atoms with Crippen molar-refractivity contribution in [2.24, 2.45) is 0 Å². The van der Waals surface area contributed by atoms with Crippen molar-refractivity contribution in [3.63, 3.8) is 0 Å². The molecule has 1 saturated heterocycles. The number of para-hydroxylation sites is 1. The van der Waals surface area contributed by atoms with Crippen LogP contribution >= 0.6 is 0 Å². The summed E-state index contributed by atoms with van der Waals surface area (Å²) in [6.07, 6.45) is 4.00. The van der Waals surface area contributed by atoms with Gasteiger partial charge in [0.15, 0.2) is 0 Å². The van der Waals surface area contributed by atoms with Crippen molar-refractivity contribution in [3.8, 4) is 0 Å². The van der Waals surface area contributed by atoms with Gasteiger partial charge in [-0.15, -0.1) is 0 Å². The lowest BCUT2D eigenvalue weighted by atomic mass is 10.1. The van der Waals surface area contributed by atoms with Crippen LogP contribution in [-0.4, -0.2) is 65.2 Å². The molecule has 0 unspecified atom stereocenters. The van der Waals surface area contributed by atoms with E-state index in [1.807, 2.05) is 24.4 Å². The monoisotopic (exact) mass is 370 g/mol. The number of aromatic amines is 1. The zero-order chi connectivity index (χ0) is 19.4. The van der Waals surface area contributed by atoms with Gasteiger partial charge in [0, 0.05) is 50.6 Å². The van der Waals surface area contributed by atoms with Crippen LogP contribution in [0.2, 0.25) is 0 Å². The molecule has 1 aromatic carbocycles. The molecule has 1 fully saturated rings. The number of carbonyl (C=O) groups excluding carboxylic acids is 3. The maximum atomic E-state index is 12.6. The number of carbonyl (C=O) groups is 3. The molecule has 27 heavy (non-hydrogen) atoms. The Bertz CT molecular complexity index is 845. The third-order valence-corrected chi connectivity index (χ3v) is 5.20. The van der Waals surface area contributed by atoms with Crippen LogP contribution in [0, 0.1) is 0 Å². The number of fused-ring (bicyclic) bond motifs is 1. The molecule has 1 aromatic heterocycles. The van der Waals surface area contributed by atoms with Crippen molar-refractivity contribution in [3.05, 3.63) is 36.0 Å². The van der Waals surface area contributed by atoms with E-state index in [2.05, 4.69) is 16.4 Å². The van der Waals surface area contributed by atoms with Gasteiger partial charge in [-0.3, -0.25) is 14.4 Å². The van der Waals surface area contributed by atoms with E-state index in [1.165, 1.54) is 22.8 Å². The molecule has 1 aliphatic rings. The molecular formula is C20H26N4O3. The fourth-order valence-electron chi connectivity index (χ4n) is 3.70. The van der Waals surface area contributed by atoms with Crippen LogP contribution in [-0.2, 0) is 20.8 Å². The first kappa shape index (κ1) is 18.9. The number of H-pyrrole nitrogens is 1. The summed E-state index contributed by atoms with van der Waals surface area (Å²) in [4.78, 5) is 43.0. The Morgan fingerprint density at radius 2 is 2.00 bits per heavy atom. The summed E-state index contributed by atoms with van der Waals surface area (Å²) in [5, 5.41) is 3.78. The Morgan fingerprint density at radius 3 is 2.74 bits per heavy atom. The minimum Gasteiger partial charge on any atom is -0.361 e. The molecule has 0 spiro atoms. The summed E-state index contributed by atoms with van der Waals surface area (Å²) < 4.78 is 0. The van der Waals surface area contributed by atoms with Crippen molar-refractivity contribution in [2.75, 3.05) is 26.7 Å². The van der Waals surface area contributed by atoms with E-state index in [0.717, 1.165) is 18.4 Å². The molecule has 1 atom stereocenters.